The van der Waals surface area contributed by atoms with Crippen molar-refractivity contribution < 1.29 is 27.9 Å². The van der Waals surface area contributed by atoms with Crippen LogP contribution in [0.5, 0.6) is 23.0 Å². The van der Waals surface area contributed by atoms with Gasteiger partial charge in [0.1, 0.15) is 28.2 Å². The van der Waals surface area contributed by atoms with Crippen molar-refractivity contribution in [1.82, 2.24) is 0 Å². The first kappa shape index (κ1) is 18.7. The Kier molecular flexibility index (Phi) is 5.62. The van der Waals surface area contributed by atoms with Gasteiger partial charge in [-0.1, -0.05) is 4.57 Å². The molecule has 0 aliphatic carbocycles. The van der Waals surface area contributed by atoms with E-state index in [0.29, 0.717) is 45.3 Å². The molecule has 0 saturated carbocycles. The molecule has 0 amide bonds. The number of ether oxygens (including phenoxy) is 4. The molecule has 0 spiro atoms. The van der Waals surface area contributed by atoms with E-state index in [4.69, 9.17) is 23.4 Å². The largest absolute Gasteiger partial charge is 0.496 e. The van der Waals surface area contributed by atoms with Crippen molar-refractivity contribution in [2.75, 3.05) is 27.7 Å². The fourth-order valence-electron chi connectivity index (χ4n) is 2.72. The fraction of sp³-hybridized carbons (Fsp3) is 0.211. The monoisotopic (exact) mass is 389 g/mol. The molecule has 140 valence electrons. The highest BCUT2D eigenvalue weighted by atomic mass is 31.1. The fourth-order valence-corrected chi connectivity index (χ4v) is 2.94. The maximum Gasteiger partial charge on any atom is 0.365 e. The third-order valence-corrected chi connectivity index (χ3v) is 4.22. The molecule has 2 aromatic carbocycles. The lowest BCUT2D eigenvalue weighted by Crippen LogP contribution is -2.03. The number of fused-ring (bicyclic) bond motifs is 1. The van der Waals surface area contributed by atoms with E-state index in [1.807, 2.05) is 0 Å². The minimum atomic E-state index is -0.604. The molecule has 3 rings (SSSR count). The zero-order valence-corrected chi connectivity index (χ0v) is 16.0. The summed E-state index contributed by atoms with van der Waals surface area (Å²) in [6, 6.07) is 9.75. The molecule has 0 N–H and O–H groups in total. The Morgan fingerprint density at radius 2 is 1.67 bits per heavy atom. The normalized spacial score (nSPS) is 10.8. The zero-order chi connectivity index (χ0) is 19.4. The molecule has 0 aliphatic heterocycles. The Labute approximate surface area is 156 Å². The van der Waals surface area contributed by atoms with Crippen molar-refractivity contribution in [3.05, 3.63) is 46.6 Å². The number of rotatable bonds is 7. The summed E-state index contributed by atoms with van der Waals surface area (Å²) in [5, 5.41) is 0.304. The highest BCUT2D eigenvalue weighted by Crippen LogP contribution is 2.35. The standard InChI is InChI=1S/C19H17O7P/c1-22-14-5-4-11(6-16(14)23-2)15-9-13(20)19-17(24-3)7-12(25-10-27-21)8-18(19)26-15/h4-9H,10H2,1-3H3/p+1. The highest BCUT2D eigenvalue weighted by Gasteiger charge is 2.15. The van der Waals surface area contributed by atoms with E-state index in [-0.39, 0.29) is 11.8 Å². The van der Waals surface area contributed by atoms with Crippen molar-refractivity contribution in [2.45, 2.75) is 0 Å². The lowest BCUT2D eigenvalue weighted by atomic mass is 10.1. The molecule has 1 atom stereocenters. The smallest absolute Gasteiger partial charge is 0.365 e. The van der Waals surface area contributed by atoms with Crippen molar-refractivity contribution >= 4 is 19.4 Å². The highest BCUT2D eigenvalue weighted by molar-refractivity contribution is 7.23. The van der Waals surface area contributed by atoms with Crippen LogP contribution in [0.4, 0.5) is 0 Å². The van der Waals surface area contributed by atoms with E-state index in [0.717, 1.165) is 0 Å². The molecule has 0 fully saturated rings. The van der Waals surface area contributed by atoms with Crippen LogP contribution in [0.1, 0.15) is 0 Å². The first-order valence-corrected chi connectivity index (χ1v) is 9.09. The van der Waals surface area contributed by atoms with Crippen LogP contribution in [0.2, 0.25) is 0 Å². The van der Waals surface area contributed by atoms with Gasteiger partial charge in [0.2, 0.25) is 0 Å². The Morgan fingerprint density at radius 3 is 2.33 bits per heavy atom. The summed E-state index contributed by atoms with van der Waals surface area (Å²) in [6.45, 7) is 0. The predicted octanol–water partition coefficient (Wildman–Crippen LogP) is 3.85. The summed E-state index contributed by atoms with van der Waals surface area (Å²) in [5.41, 5.74) is 0.698. The first-order valence-electron chi connectivity index (χ1n) is 7.97. The van der Waals surface area contributed by atoms with Gasteiger partial charge in [0.15, 0.2) is 16.9 Å². The molecule has 27 heavy (non-hydrogen) atoms. The van der Waals surface area contributed by atoms with Gasteiger partial charge in [0.05, 0.1) is 21.3 Å². The van der Waals surface area contributed by atoms with Gasteiger partial charge >= 0.3 is 8.46 Å². The molecule has 3 aromatic rings. The first-order chi connectivity index (χ1) is 13.1. The summed E-state index contributed by atoms with van der Waals surface area (Å²) in [4.78, 5) is 12.7. The summed E-state index contributed by atoms with van der Waals surface area (Å²) in [7, 11) is 3.93. The molecule has 1 aromatic heterocycles. The molecular weight excluding hydrogens is 371 g/mol. The van der Waals surface area contributed by atoms with Crippen LogP contribution in [0, 0.1) is 0 Å². The minimum absolute atomic E-state index is 0.0360. The van der Waals surface area contributed by atoms with Gasteiger partial charge in [-0.15, -0.1) is 0 Å². The van der Waals surface area contributed by atoms with Crippen molar-refractivity contribution in [3.63, 3.8) is 0 Å². The van der Waals surface area contributed by atoms with Gasteiger partial charge in [-0.2, -0.15) is 0 Å². The van der Waals surface area contributed by atoms with Crippen molar-refractivity contribution in [3.8, 4) is 34.3 Å². The summed E-state index contributed by atoms with van der Waals surface area (Å²) >= 11 is 0. The van der Waals surface area contributed by atoms with Gasteiger partial charge in [0.25, 0.3) is 6.35 Å². The summed E-state index contributed by atoms with van der Waals surface area (Å²) in [6.07, 6.45) is 0.0360. The van der Waals surface area contributed by atoms with Gasteiger partial charge < -0.3 is 23.4 Å². The maximum absolute atomic E-state index is 12.7. The Hall–Kier alpha value is -3.05. The molecule has 1 heterocycles. The van der Waals surface area contributed by atoms with Crippen LogP contribution < -0.4 is 24.4 Å². The Balaban J connectivity index is 2.18. The number of hydrogen-bond acceptors (Lipinski definition) is 7. The lowest BCUT2D eigenvalue weighted by Gasteiger charge is -2.11. The van der Waals surface area contributed by atoms with Gasteiger partial charge in [0, 0.05) is 23.8 Å². The maximum atomic E-state index is 12.7. The molecule has 1 unspecified atom stereocenters. The summed E-state index contributed by atoms with van der Waals surface area (Å²) in [5.74, 6) is 2.17. The average Bonchev–Trinajstić information content (AvgIpc) is 2.70. The third-order valence-electron chi connectivity index (χ3n) is 3.95. The second-order valence-corrected chi connectivity index (χ2v) is 6.05. The van der Waals surface area contributed by atoms with Crippen LogP contribution >= 0.6 is 8.46 Å². The van der Waals surface area contributed by atoms with E-state index in [1.165, 1.54) is 20.3 Å². The van der Waals surface area contributed by atoms with Crippen LogP contribution in [-0.2, 0) is 4.57 Å². The molecule has 7 nitrogen and oxygen atoms in total. The molecule has 0 radical (unpaired) electrons. The number of hydrogen-bond donors (Lipinski definition) is 0. The van der Waals surface area contributed by atoms with E-state index in [2.05, 4.69) is 0 Å². The van der Waals surface area contributed by atoms with Gasteiger partial charge in [-0.3, -0.25) is 4.79 Å². The van der Waals surface area contributed by atoms with Crippen LogP contribution in [0.3, 0.4) is 0 Å². The SMILES string of the molecule is COc1ccc(-c2cc(=O)c3c(OC)cc(OC[PH+]=O)cc3o2)cc1OC. The quantitative estimate of drug-likeness (QED) is 0.568. The summed E-state index contributed by atoms with van der Waals surface area (Å²) < 4.78 is 37.8. The molecule has 0 aliphatic rings. The third kappa shape index (κ3) is 3.73. The predicted molar refractivity (Wildman–Crippen MR) is 102 cm³/mol. The second-order valence-electron chi connectivity index (χ2n) is 5.48. The second kappa shape index (κ2) is 8.10. The lowest BCUT2D eigenvalue weighted by molar-refractivity contribution is 0.355. The van der Waals surface area contributed by atoms with Crippen LogP contribution in [0.15, 0.2) is 45.6 Å². The van der Waals surface area contributed by atoms with Gasteiger partial charge in [-0.25, -0.2) is 0 Å². The van der Waals surface area contributed by atoms with Crippen LogP contribution in [-0.4, -0.2) is 27.7 Å². The Bertz CT molecular complexity index is 1040. The van der Waals surface area contributed by atoms with E-state index >= 15 is 0 Å². The number of benzene rings is 2. The average molecular weight is 389 g/mol. The molecule has 0 saturated heterocycles. The Morgan fingerprint density at radius 1 is 0.926 bits per heavy atom. The molecular formula is C19H18O7P+. The van der Waals surface area contributed by atoms with E-state index < -0.39 is 8.46 Å². The van der Waals surface area contributed by atoms with E-state index in [9.17, 15) is 9.36 Å². The minimum Gasteiger partial charge on any atom is -0.496 e. The van der Waals surface area contributed by atoms with Crippen molar-refractivity contribution in [1.29, 1.82) is 0 Å². The topological polar surface area (TPSA) is 84.2 Å². The zero-order valence-electron chi connectivity index (χ0n) is 15.0. The number of methoxy groups -OCH3 is 3. The van der Waals surface area contributed by atoms with Crippen molar-refractivity contribution in [2.24, 2.45) is 0 Å². The van der Waals surface area contributed by atoms with Crippen LogP contribution in [0.25, 0.3) is 22.3 Å². The van der Waals surface area contributed by atoms with E-state index in [1.54, 1.807) is 37.4 Å². The molecule has 0 bridgehead atoms. The van der Waals surface area contributed by atoms with Gasteiger partial charge in [-0.05, 0) is 18.2 Å². The molecule has 8 heteroatoms.